The van der Waals surface area contributed by atoms with Gasteiger partial charge in [-0.1, -0.05) is 0 Å². The number of rotatable bonds is 3. The van der Waals surface area contributed by atoms with Crippen molar-refractivity contribution < 1.29 is 4.79 Å². The minimum Gasteiger partial charge on any atom is -0.358 e. The van der Waals surface area contributed by atoms with Crippen molar-refractivity contribution in [3.8, 4) is 0 Å². The Morgan fingerprint density at radius 2 is 2.33 bits per heavy atom. The van der Waals surface area contributed by atoms with E-state index in [1.165, 1.54) is 6.20 Å². The van der Waals surface area contributed by atoms with Gasteiger partial charge >= 0.3 is 0 Å². The molecule has 0 unspecified atom stereocenters. The molecule has 0 aliphatic rings. The van der Waals surface area contributed by atoms with E-state index in [9.17, 15) is 4.79 Å². The summed E-state index contributed by atoms with van der Waals surface area (Å²) in [5.74, 6) is -0.278. The number of aromatic nitrogens is 2. The molecule has 5 nitrogen and oxygen atoms in total. The van der Waals surface area contributed by atoms with E-state index in [2.05, 4.69) is 20.5 Å². The number of nitrogens with zero attached hydrogens (tertiary/aromatic N) is 2. The van der Waals surface area contributed by atoms with Gasteiger partial charge in [0.2, 0.25) is 0 Å². The molecule has 0 aromatic carbocycles. The summed E-state index contributed by atoms with van der Waals surface area (Å²) in [5, 5.41) is 3.91. The lowest BCUT2D eigenvalue weighted by Crippen LogP contribution is -2.17. The van der Waals surface area contributed by atoms with Gasteiger partial charge in [-0.15, -0.1) is 0 Å². The zero-order valence-electron chi connectivity index (χ0n) is 10.3. The highest BCUT2D eigenvalue weighted by molar-refractivity contribution is 5.94. The molecule has 0 radical (unpaired) electrons. The Balaban J connectivity index is 2.00. The van der Waals surface area contributed by atoms with E-state index >= 15 is 0 Å². The van der Waals surface area contributed by atoms with Crippen molar-refractivity contribution in [1.29, 1.82) is 0 Å². The first-order chi connectivity index (χ1) is 8.66. The van der Waals surface area contributed by atoms with Crippen LogP contribution in [0.1, 0.15) is 27.3 Å². The van der Waals surface area contributed by atoms with Crippen molar-refractivity contribution in [2.75, 3.05) is 0 Å². The zero-order chi connectivity index (χ0) is 13.0. The van der Waals surface area contributed by atoms with Gasteiger partial charge in [-0.05, 0) is 37.6 Å². The lowest BCUT2D eigenvalue weighted by atomic mass is 10.3. The zero-order valence-corrected chi connectivity index (χ0v) is 10.3. The number of carbonyl (C=O) groups excluding carboxylic acids is 1. The lowest BCUT2D eigenvalue weighted by molar-refractivity contribution is 0.0955. The van der Waals surface area contributed by atoms with E-state index in [1.54, 1.807) is 24.5 Å². The standard InChI is InChI=1S/C13H14N4O/c1-9-6-10(2)16-12(9)8-15-17-13(18)11-4-3-5-14-7-11/h3-8,16H,1-2H3,(H,17,18)/b15-8-. The largest absolute Gasteiger partial charge is 0.358 e. The molecule has 0 bridgehead atoms. The van der Waals surface area contributed by atoms with Gasteiger partial charge in [0.25, 0.3) is 5.91 Å². The van der Waals surface area contributed by atoms with Crippen molar-refractivity contribution in [2.24, 2.45) is 5.10 Å². The van der Waals surface area contributed by atoms with Gasteiger partial charge in [0.15, 0.2) is 0 Å². The highest BCUT2D eigenvalue weighted by Gasteiger charge is 2.03. The first-order valence-corrected chi connectivity index (χ1v) is 5.56. The monoisotopic (exact) mass is 242 g/mol. The second kappa shape index (κ2) is 5.27. The molecule has 18 heavy (non-hydrogen) atoms. The fraction of sp³-hybridized carbons (Fsp3) is 0.154. The van der Waals surface area contributed by atoms with Crippen LogP contribution in [0, 0.1) is 13.8 Å². The number of nitrogens with one attached hydrogen (secondary N) is 2. The molecule has 5 heteroatoms. The summed E-state index contributed by atoms with van der Waals surface area (Å²) in [7, 11) is 0. The molecule has 2 heterocycles. The Morgan fingerprint density at radius 1 is 1.50 bits per heavy atom. The van der Waals surface area contributed by atoms with Gasteiger partial charge in [0.05, 0.1) is 17.5 Å². The van der Waals surface area contributed by atoms with Gasteiger partial charge < -0.3 is 4.98 Å². The van der Waals surface area contributed by atoms with E-state index in [0.29, 0.717) is 5.56 Å². The maximum atomic E-state index is 11.6. The first-order valence-electron chi connectivity index (χ1n) is 5.56. The predicted molar refractivity (Wildman–Crippen MR) is 69.6 cm³/mol. The Labute approximate surface area is 105 Å². The molecule has 2 aromatic rings. The molecule has 0 saturated heterocycles. The molecular weight excluding hydrogens is 228 g/mol. The van der Waals surface area contributed by atoms with E-state index in [0.717, 1.165) is 17.0 Å². The Bertz CT molecular complexity index is 572. The van der Waals surface area contributed by atoms with Crippen LogP contribution in [-0.4, -0.2) is 22.1 Å². The average Bonchev–Trinajstić information content (AvgIpc) is 2.69. The molecule has 0 aliphatic heterocycles. The second-order valence-corrected chi connectivity index (χ2v) is 3.99. The molecule has 0 atom stereocenters. The fourth-order valence-corrected chi connectivity index (χ4v) is 1.60. The predicted octanol–water partition coefficient (Wildman–Crippen LogP) is 1.79. The summed E-state index contributed by atoms with van der Waals surface area (Å²) >= 11 is 0. The topological polar surface area (TPSA) is 70.1 Å². The second-order valence-electron chi connectivity index (χ2n) is 3.99. The van der Waals surface area contributed by atoms with Crippen molar-refractivity contribution in [3.05, 3.63) is 53.1 Å². The number of aryl methyl sites for hydroxylation is 2. The number of hydrogen-bond donors (Lipinski definition) is 2. The van der Waals surface area contributed by atoms with Gasteiger partial charge in [0.1, 0.15) is 0 Å². The van der Waals surface area contributed by atoms with E-state index in [1.807, 2.05) is 19.9 Å². The highest BCUT2D eigenvalue weighted by atomic mass is 16.2. The molecule has 0 spiro atoms. The number of pyridine rings is 1. The molecular formula is C13H14N4O. The van der Waals surface area contributed by atoms with Gasteiger partial charge in [-0.3, -0.25) is 9.78 Å². The first kappa shape index (κ1) is 12.0. The third-order valence-corrected chi connectivity index (χ3v) is 2.47. The molecule has 92 valence electrons. The number of amides is 1. The van der Waals surface area contributed by atoms with Crippen LogP contribution in [0.2, 0.25) is 0 Å². The fourth-order valence-electron chi connectivity index (χ4n) is 1.60. The number of hydrazone groups is 1. The van der Waals surface area contributed by atoms with Crippen LogP contribution >= 0.6 is 0 Å². The SMILES string of the molecule is Cc1cc(C)c(/C=N\NC(=O)c2cccnc2)[nH]1. The van der Waals surface area contributed by atoms with Crippen LogP contribution in [0.5, 0.6) is 0 Å². The molecule has 2 rings (SSSR count). The highest BCUT2D eigenvalue weighted by Crippen LogP contribution is 2.05. The summed E-state index contributed by atoms with van der Waals surface area (Å²) in [4.78, 5) is 18.7. The van der Waals surface area contributed by atoms with Gasteiger partial charge in [0, 0.05) is 18.1 Å². The molecule has 0 aliphatic carbocycles. The summed E-state index contributed by atoms with van der Waals surface area (Å²) in [6.07, 6.45) is 4.70. The summed E-state index contributed by atoms with van der Waals surface area (Å²) < 4.78 is 0. The smallest absolute Gasteiger partial charge is 0.272 e. The van der Waals surface area contributed by atoms with Gasteiger partial charge in [-0.2, -0.15) is 5.10 Å². The number of aromatic amines is 1. The van der Waals surface area contributed by atoms with Crippen molar-refractivity contribution in [1.82, 2.24) is 15.4 Å². The van der Waals surface area contributed by atoms with E-state index in [4.69, 9.17) is 0 Å². The summed E-state index contributed by atoms with van der Waals surface area (Å²) in [6, 6.07) is 5.41. The van der Waals surface area contributed by atoms with Crippen LogP contribution < -0.4 is 5.43 Å². The molecule has 2 N–H and O–H groups in total. The van der Waals surface area contributed by atoms with Crippen LogP contribution in [0.15, 0.2) is 35.7 Å². The van der Waals surface area contributed by atoms with Gasteiger partial charge in [-0.25, -0.2) is 5.43 Å². The van der Waals surface area contributed by atoms with Crippen LogP contribution in [0.4, 0.5) is 0 Å². The van der Waals surface area contributed by atoms with Crippen LogP contribution in [0.25, 0.3) is 0 Å². The maximum Gasteiger partial charge on any atom is 0.272 e. The number of H-pyrrole nitrogens is 1. The van der Waals surface area contributed by atoms with Crippen molar-refractivity contribution in [3.63, 3.8) is 0 Å². The minimum atomic E-state index is -0.278. The molecule has 0 saturated carbocycles. The molecule has 0 fully saturated rings. The summed E-state index contributed by atoms with van der Waals surface area (Å²) in [5.41, 5.74) is 5.98. The number of carbonyl (C=O) groups is 1. The quantitative estimate of drug-likeness (QED) is 0.636. The Hall–Kier alpha value is -2.43. The summed E-state index contributed by atoms with van der Waals surface area (Å²) in [6.45, 7) is 3.95. The van der Waals surface area contributed by atoms with E-state index < -0.39 is 0 Å². The normalized spacial score (nSPS) is 10.8. The van der Waals surface area contributed by atoms with E-state index in [-0.39, 0.29) is 5.91 Å². The number of hydrogen-bond acceptors (Lipinski definition) is 3. The molecule has 2 aromatic heterocycles. The Kier molecular flexibility index (Phi) is 3.52. The third kappa shape index (κ3) is 2.82. The van der Waals surface area contributed by atoms with Crippen molar-refractivity contribution >= 4 is 12.1 Å². The lowest BCUT2D eigenvalue weighted by Gasteiger charge is -1.98. The van der Waals surface area contributed by atoms with Crippen molar-refractivity contribution in [2.45, 2.75) is 13.8 Å². The minimum absolute atomic E-state index is 0.278. The Morgan fingerprint density at radius 3 is 2.94 bits per heavy atom. The maximum absolute atomic E-state index is 11.6. The van der Waals surface area contributed by atoms with Crippen LogP contribution in [0.3, 0.4) is 0 Å². The third-order valence-electron chi connectivity index (χ3n) is 2.47. The molecule has 1 amide bonds. The average molecular weight is 242 g/mol. The van der Waals surface area contributed by atoms with Crippen LogP contribution in [-0.2, 0) is 0 Å².